The lowest BCUT2D eigenvalue weighted by Gasteiger charge is -2.39. The average Bonchev–Trinajstić information content (AvgIpc) is 3.31. The van der Waals surface area contributed by atoms with Crippen molar-refractivity contribution in [3.05, 3.63) is 211 Å². The molecule has 0 saturated carbocycles. The second kappa shape index (κ2) is 14.6. The molecule has 8 aromatic rings. The van der Waals surface area contributed by atoms with Gasteiger partial charge in [-0.3, -0.25) is 0 Å². The zero-order valence-electron chi connectivity index (χ0n) is 35.0. The number of hydrogen-bond donors (Lipinski definition) is 0. The van der Waals surface area contributed by atoms with Gasteiger partial charge in [0, 0.05) is 25.5 Å². The average molecular weight is 787 g/mol. The van der Waals surface area contributed by atoms with Crippen molar-refractivity contribution in [2.45, 2.75) is 20.3 Å². The predicted octanol–water partition coefficient (Wildman–Crippen LogP) is 15.9. The van der Waals surface area contributed by atoms with Crippen molar-refractivity contribution < 1.29 is 0 Å². The molecule has 0 amide bonds. The Morgan fingerprint density at radius 2 is 0.967 bits per heavy atom. The van der Waals surface area contributed by atoms with Crippen LogP contribution in [0.3, 0.4) is 0 Å². The molecule has 0 unspecified atom stereocenters. The van der Waals surface area contributed by atoms with E-state index < -0.39 is 0 Å². The van der Waals surface area contributed by atoms with Crippen LogP contribution in [0.25, 0.3) is 38.2 Å². The van der Waals surface area contributed by atoms with Crippen molar-refractivity contribution >= 4 is 84.0 Å². The molecular weight excluding hydrogens is 741 g/mol. The molecule has 1 aliphatic carbocycles. The molecule has 2 heterocycles. The summed E-state index contributed by atoms with van der Waals surface area (Å²) in [5.41, 5.74) is 19.1. The molecule has 0 atom stereocenters. The van der Waals surface area contributed by atoms with Gasteiger partial charge in [-0.1, -0.05) is 121 Å². The van der Waals surface area contributed by atoms with Crippen molar-refractivity contribution in [3.63, 3.8) is 0 Å². The fourth-order valence-electron chi connectivity index (χ4n) is 9.84. The van der Waals surface area contributed by atoms with E-state index in [-0.39, 0.29) is 0 Å². The van der Waals surface area contributed by atoms with Crippen molar-refractivity contribution in [2.24, 2.45) is 0 Å². The Labute approximate surface area is 358 Å². The van der Waals surface area contributed by atoms with E-state index in [1.54, 1.807) is 0 Å². The minimum Gasteiger partial charge on any atom is -0.341 e. The molecule has 8 aromatic carbocycles. The second-order valence-corrected chi connectivity index (χ2v) is 16.4. The van der Waals surface area contributed by atoms with Crippen LogP contribution >= 0.6 is 0 Å². The molecule has 2 aliphatic heterocycles. The number of fused-ring (bicyclic) bond motifs is 6. The van der Waals surface area contributed by atoms with E-state index in [0.29, 0.717) is 0 Å². The van der Waals surface area contributed by atoms with Crippen molar-refractivity contribution in [2.75, 3.05) is 33.7 Å². The molecule has 11 rings (SSSR count). The SMILES string of the molecule is C/C(=C\C=C1\C=CC=CC1)c1c2cc(N3c4ccccc4N(C)c4ccccc43)ccc2c(-c2ccccc2C)c2cc(N3c4ccccc4N(C)c4ccccc43)ccc12. The highest BCUT2D eigenvalue weighted by atomic mass is 15.3. The fourth-order valence-corrected chi connectivity index (χ4v) is 9.84. The summed E-state index contributed by atoms with van der Waals surface area (Å²) in [6.07, 6.45) is 14.3. The van der Waals surface area contributed by atoms with Crippen LogP contribution in [-0.2, 0) is 0 Å². The summed E-state index contributed by atoms with van der Waals surface area (Å²) >= 11 is 0. The van der Waals surface area contributed by atoms with Gasteiger partial charge in [-0.2, -0.15) is 0 Å². The van der Waals surface area contributed by atoms with E-state index in [0.717, 1.165) is 40.5 Å². The number of allylic oxidation sites excluding steroid dienone is 8. The normalized spacial score (nSPS) is 15.0. The number of anilines is 10. The Hall–Kier alpha value is -7.56. The van der Waals surface area contributed by atoms with Gasteiger partial charge in [0.2, 0.25) is 0 Å². The minimum atomic E-state index is 0.928. The second-order valence-electron chi connectivity index (χ2n) is 16.4. The number of hydrogen-bond acceptors (Lipinski definition) is 4. The van der Waals surface area contributed by atoms with Gasteiger partial charge in [0.15, 0.2) is 0 Å². The Balaban J connectivity index is 1.22. The van der Waals surface area contributed by atoms with Gasteiger partial charge >= 0.3 is 0 Å². The monoisotopic (exact) mass is 786 g/mol. The molecule has 0 bridgehead atoms. The van der Waals surface area contributed by atoms with Crippen LogP contribution in [-0.4, -0.2) is 14.1 Å². The van der Waals surface area contributed by atoms with Gasteiger partial charge < -0.3 is 19.6 Å². The van der Waals surface area contributed by atoms with Gasteiger partial charge in [-0.05, 0) is 148 Å². The van der Waals surface area contributed by atoms with Crippen LogP contribution in [0.1, 0.15) is 24.5 Å². The van der Waals surface area contributed by atoms with Crippen molar-refractivity contribution in [1.29, 1.82) is 0 Å². The Kier molecular flexibility index (Phi) is 8.75. The summed E-state index contributed by atoms with van der Waals surface area (Å²) in [6.45, 7) is 4.53. The maximum Gasteiger partial charge on any atom is 0.0699 e. The highest BCUT2D eigenvalue weighted by Crippen LogP contribution is 2.54. The van der Waals surface area contributed by atoms with Crippen LogP contribution in [0.4, 0.5) is 56.9 Å². The van der Waals surface area contributed by atoms with Gasteiger partial charge in [0.25, 0.3) is 0 Å². The zero-order chi connectivity index (χ0) is 41.2. The number of benzene rings is 8. The molecule has 4 heteroatoms. The van der Waals surface area contributed by atoms with Crippen LogP contribution in [0, 0.1) is 6.92 Å². The molecule has 0 saturated heterocycles. The Bertz CT molecular complexity index is 3110. The third kappa shape index (κ3) is 5.90. The number of para-hydroxylation sites is 8. The van der Waals surface area contributed by atoms with E-state index in [9.17, 15) is 0 Å². The number of rotatable bonds is 5. The number of nitrogens with zero attached hydrogens (tertiary/aromatic N) is 4. The molecule has 61 heavy (non-hydrogen) atoms. The third-order valence-corrected chi connectivity index (χ3v) is 12.8. The first-order valence-corrected chi connectivity index (χ1v) is 21.2. The highest BCUT2D eigenvalue weighted by Gasteiger charge is 2.30. The first kappa shape index (κ1) is 36.5. The quantitative estimate of drug-likeness (QED) is 0.161. The molecule has 3 aliphatic rings. The highest BCUT2D eigenvalue weighted by molar-refractivity contribution is 6.21. The molecule has 0 radical (unpaired) electrons. The molecule has 294 valence electrons. The number of aryl methyl sites for hydroxylation is 1. The maximum atomic E-state index is 2.44. The summed E-state index contributed by atoms with van der Waals surface area (Å²) in [6, 6.07) is 58.1. The van der Waals surface area contributed by atoms with Crippen molar-refractivity contribution in [1.82, 2.24) is 0 Å². The van der Waals surface area contributed by atoms with Gasteiger partial charge in [0.1, 0.15) is 0 Å². The molecular formula is C57H46N4. The molecule has 0 fully saturated rings. The summed E-state index contributed by atoms with van der Waals surface area (Å²) in [4.78, 5) is 9.50. The van der Waals surface area contributed by atoms with Crippen molar-refractivity contribution in [3.8, 4) is 11.1 Å². The van der Waals surface area contributed by atoms with E-state index >= 15 is 0 Å². The Morgan fingerprint density at radius 1 is 0.492 bits per heavy atom. The van der Waals surface area contributed by atoms with Crippen LogP contribution in [0.5, 0.6) is 0 Å². The molecule has 0 spiro atoms. The lowest BCUT2D eigenvalue weighted by molar-refractivity contribution is 1.13. The Morgan fingerprint density at radius 3 is 1.48 bits per heavy atom. The van der Waals surface area contributed by atoms with Gasteiger partial charge in [0.05, 0.1) is 45.5 Å². The lowest BCUT2D eigenvalue weighted by atomic mass is 9.84. The van der Waals surface area contributed by atoms with E-state index in [4.69, 9.17) is 0 Å². The third-order valence-electron chi connectivity index (χ3n) is 12.8. The molecule has 4 nitrogen and oxygen atoms in total. The van der Waals surface area contributed by atoms with Gasteiger partial charge in [-0.15, -0.1) is 0 Å². The van der Waals surface area contributed by atoms with Crippen LogP contribution in [0.15, 0.2) is 200 Å². The summed E-state index contributed by atoms with van der Waals surface area (Å²) in [5, 5.41) is 4.92. The van der Waals surface area contributed by atoms with E-state index in [1.165, 1.54) is 77.7 Å². The maximum absolute atomic E-state index is 2.44. The van der Waals surface area contributed by atoms with Crippen LogP contribution < -0.4 is 19.6 Å². The van der Waals surface area contributed by atoms with Crippen LogP contribution in [0.2, 0.25) is 0 Å². The topological polar surface area (TPSA) is 13.0 Å². The largest absolute Gasteiger partial charge is 0.341 e. The minimum absolute atomic E-state index is 0.928. The lowest BCUT2D eigenvalue weighted by Crippen LogP contribution is -2.24. The standard InChI is InChI=1S/C57H46N4/c1-38-18-8-9-21-43(38)57-45-35-33-41(60-52-26-14-10-22-48(52)58(3)49-23-11-15-27-53(49)60)36-46(45)56(39(2)30-31-40-19-6-5-7-20-40)44-34-32-42(37-47(44)57)61-54-28-16-12-24-50(54)59(4)51-25-13-17-29-55(51)61/h5-19,21-37H,20H2,1-4H3/b39-30+,40-31-. The molecule has 0 N–H and O–H groups in total. The predicted molar refractivity (Wildman–Crippen MR) is 262 cm³/mol. The smallest absolute Gasteiger partial charge is 0.0699 e. The van der Waals surface area contributed by atoms with E-state index in [2.05, 4.69) is 242 Å². The summed E-state index contributed by atoms with van der Waals surface area (Å²) in [5.74, 6) is 0. The summed E-state index contributed by atoms with van der Waals surface area (Å²) < 4.78 is 0. The summed E-state index contributed by atoms with van der Waals surface area (Å²) in [7, 11) is 4.34. The first-order chi connectivity index (χ1) is 30.0. The van der Waals surface area contributed by atoms with Gasteiger partial charge in [-0.25, -0.2) is 0 Å². The zero-order valence-corrected chi connectivity index (χ0v) is 35.0. The fraction of sp³-hybridized carbons (Fsp3) is 0.0877. The van der Waals surface area contributed by atoms with E-state index in [1.807, 2.05) is 0 Å². The molecule has 0 aromatic heterocycles. The first-order valence-electron chi connectivity index (χ1n) is 21.2.